The van der Waals surface area contributed by atoms with Gasteiger partial charge in [0.05, 0.1) is 0 Å². The number of hydrogen-bond acceptors (Lipinski definition) is 2. The van der Waals surface area contributed by atoms with Crippen LogP contribution in [-0.2, 0) is 9.59 Å². The highest BCUT2D eigenvalue weighted by atomic mass is 16.2. The van der Waals surface area contributed by atoms with Gasteiger partial charge in [0.2, 0.25) is 5.78 Å². The molecule has 3 nitrogen and oxygen atoms in total. The summed E-state index contributed by atoms with van der Waals surface area (Å²) >= 11 is 0. The zero-order valence-electron chi connectivity index (χ0n) is 6.44. The van der Waals surface area contributed by atoms with Crippen molar-refractivity contribution in [2.45, 2.75) is 26.7 Å². The molecule has 0 spiro atoms. The van der Waals surface area contributed by atoms with Crippen molar-refractivity contribution in [3.05, 3.63) is 0 Å². The molecule has 0 unspecified atom stereocenters. The highest BCUT2D eigenvalue weighted by molar-refractivity contribution is 6.36. The van der Waals surface area contributed by atoms with E-state index in [4.69, 9.17) is 0 Å². The molecular formula is C7H13NO2. The molecule has 58 valence electrons. The first-order valence-corrected chi connectivity index (χ1v) is 3.53. The Morgan fingerprint density at radius 3 is 2.30 bits per heavy atom. The summed E-state index contributed by atoms with van der Waals surface area (Å²) in [4.78, 5) is 21.3. The fourth-order valence-corrected chi connectivity index (χ4v) is 0.498. The minimum atomic E-state index is -0.454. The normalized spacial score (nSPS) is 9.00. The van der Waals surface area contributed by atoms with Crippen LogP contribution in [0.3, 0.4) is 0 Å². The monoisotopic (exact) mass is 143 g/mol. The fraction of sp³-hybridized carbons (Fsp3) is 0.714. The average molecular weight is 143 g/mol. The third kappa shape index (κ3) is 3.22. The van der Waals surface area contributed by atoms with Crippen molar-refractivity contribution in [1.29, 1.82) is 0 Å². The summed E-state index contributed by atoms with van der Waals surface area (Å²) in [5, 5.41) is 2.49. The van der Waals surface area contributed by atoms with Gasteiger partial charge in [0.1, 0.15) is 0 Å². The Bertz CT molecular complexity index is 132. The SMILES string of the molecule is CCCNC(=O)C(=O)CC. The minimum Gasteiger partial charge on any atom is -0.350 e. The summed E-state index contributed by atoms with van der Waals surface area (Å²) < 4.78 is 0. The van der Waals surface area contributed by atoms with E-state index in [0.29, 0.717) is 6.54 Å². The zero-order chi connectivity index (χ0) is 7.98. The van der Waals surface area contributed by atoms with Crippen molar-refractivity contribution in [3.8, 4) is 0 Å². The molecule has 1 N–H and O–H groups in total. The lowest BCUT2D eigenvalue weighted by Gasteiger charge is -1.98. The predicted molar refractivity (Wildman–Crippen MR) is 38.6 cm³/mol. The predicted octanol–water partition coefficient (Wildman–Crippen LogP) is 0.492. The highest BCUT2D eigenvalue weighted by Gasteiger charge is 2.07. The van der Waals surface area contributed by atoms with Gasteiger partial charge in [-0.05, 0) is 6.42 Å². The summed E-state index contributed by atoms with van der Waals surface area (Å²) in [6, 6.07) is 0. The van der Waals surface area contributed by atoms with Crippen LogP contribution in [0.2, 0.25) is 0 Å². The number of amides is 1. The Kier molecular flexibility index (Phi) is 4.54. The van der Waals surface area contributed by atoms with Crippen molar-refractivity contribution in [3.63, 3.8) is 0 Å². The molecule has 0 aromatic rings. The Morgan fingerprint density at radius 2 is 1.90 bits per heavy atom. The zero-order valence-corrected chi connectivity index (χ0v) is 6.44. The number of ketones is 1. The smallest absolute Gasteiger partial charge is 0.287 e. The molecule has 0 aliphatic carbocycles. The number of rotatable bonds is 4. The molecule has 3 heteroatoms. The summed E-state index contributed by atoms with van der Waals surface area (Å²) in [6.45, 7) is 4.20. The van der Waals surface area contributed by atoms with E-state index in [1.54, 1.807) is 6.92 Å². The molecule has 0 aliphatic heterocycles. The van der Waals surface area contributed by atoms with Crippen LogP contribution in [0.25, 0.3) is 0 Å². The number of carbonyl (C=O) groups excluding carboxylic acids is 2. The lowest BCUT2D eigenvalue weighted by atomic mass is 10.3. The molecular weight excluding hydrogens is 130 g/mol. The standard InChI is InChI=1S/C7H13NO2/c1-3-5-8-7(10)6(9)4-2/h3-5H2,1-2H3,(H,8,10). The van der Waals surface area contributed by atoms with Crippen LogP contribution in [0.15, 0.2) is 0 Å². The van der Waals surface area contributed by atoms with Crippen LogP contribution in [0.5, 0.6) is 0 Å². The van der Waals surface area contributed by atoms with Crippen molar-refractivity contribution in [2.75, 3.05) is 6.54 Å². The van der Waals surface area contributed by atoms with Gasteiger partial charge in [-0.2, -0.15) is 0 Å². The molecule has 0 fully saturated rings. The van der Waals surface area contributed by atoms with E-state index in [9.17, 15) is 9.59 Å². The van der Waals surface area contributed by atoms with E-state index in [2.05, 4.69) is 5.32 Å². The lowest BCUT2D eigenvalue weighted by molar-refractivity contribution is -0.137. The second-order valence-electron chi connectivity index (χ2n) is 2.03. The first-order chi connectivity index (χ1) is 4.72. The Hall–Kier alpha value is -0.860. The minimum absolute atomic E-state index is 0.287. The molecule has 0 saturated carbocycles. The summed E-state index contributed by atoms with van der Waals surface area (Å²) in [6.07, 6.45) is 1.15. The second kappa shape index (κ2) is 4.97. The van der Waals surface area contributed by atoms with Crippen LogP contribution in [0.4, 0.5) is 0 Å². The van der Waals surface area contributed by atoms with Gasteiger partial charge in [-0.1, -0.05) is 13.8 Å². The first-order valence-electron chi connectivity index (χ1n) is 3.53. The van der Waals surface area contributed by atoms with Gasteiger partial charge in [0, 0.05) is 13.0 Å². The second-order valence-corrected chi connectivity index (χ2v) is 2.03. The van der Waals surface area contributed by atoms with E-state index < -0.39 is 5.91 Å². The molecule has 0 heterocycles. The fourth-order valence-electron chi connectivity index (χ4n) is 0.498. The van der Waals surface area contributed by atoms with E-state index in [0.717, 1.165) is 6.42 Å². The number of carbonyl (C=O) groups is 2. The first kappa shape index (κ1) is 9.14. The van der Waals surface area contributed by atoms with E-state index in [-0.39, 0.29) is 12.2 Å². The van der Waals surface area contributed by atoms with Crippen molar-refractivity contribution >= 4 is 11.7 Å². The van der Waals surface area contributed by atoms with E-state index >= 15 is 0 Å². The van der Waals surface area contributed by atoms with Crippen molar-refractivity contribution < 1.29 is 9.59 Å². The van der Waals surface area contributed by atoms with Crippen molar-refractivity contribution in [1.82, 2.24) is 5.32 Å². The van der Waals surface area contributed by atoms with Crippen LogP contribution in [0, 0.1) is 0 Å². The molecule has 0 aromatic heterocycles. The molecule has 0 saturated heterocycles. The molecule has 0 radical (unpaired) electrons. The summed E-state index contributed by atoms with van der Waals surface area (Å²) in [7, 11) is 0. The molecule has 10 heavy (non-hydrogen) atoms. The third-order valence-corrected chi connectivity index (χ3v) is 1.11. The average Bonchev–Trinajstić information content (AvgIpc) is 1.98. The quantitative estimate of drug-likeness (QED) is 0.582. The van der Waals surface area contributed by atoms with E-state index in [1.165, 1.54) is 0 Å². The Morgan fingerprint density at radius 1 is 1.30 bits per heavy atom. The van der Waals surface area contributed by atoms with Gasteiger partial charge in [0.15, 0.2) is 0 Å². The van der Waals surface area contributed by atoms with Gasteiger partial charge in [-0.25, -0.2) is 0 Å². The van der Waals surface area contributed by atoms with E-state index in [1.807, 2.05) is 6.92 Å². The van der Waals surface area contributed by atoms with Gasteiger partial charge >= 0.3 is 0 Å². The van der Waals surface area contributed by atoms with Gasteiger partial charge in [-0.3, -0.25) is 9.59 Å². The highest BCUT2D eigenvalue weighted by Crippen LogP contribution is 1.80. The summed E-state index contributed by atoms with van der Waals surface area (Å²) in [5.74, 6) is -0.794. The van der Waals surface area contributed by atoms with Crippen LogP contribution < -0.4 is 5.32 Å². The number of Topliss-reactive ketones (excluding diaryl/α,β-unsaturated/α-hetero) is 1. The third-order valence-electron chi connectivity index (χ3n) is 1.11. The molecule has 0 bridgehead atoms. The maximum absolute atomic E-state index is 10.7. The Balaban J connectivity index is 3.52. The molecule has 0 atom stereocenters. The lowest BCUT2D eigenvalue weighted by Crippen LogP contribution is -2.30. The van der Waals surface area contributed by atoms with Crippen LogP contribution in [0.1, 0.15) is 26.7 Å². The van der Waals surface area contributed by atoms with Gasteiger partial charge in [0.25, 0.3) is 5.91 Å². The van der Waals surface area contributed by atoms with Gasteiger partial charge < -0.3 is 5.32 Å². The molecule has 0 aromatic carbocycles. The maximum Gasteiger partial charge on any atom is 0.287 e. The van der Waals surface area contributed by atoms with Crippen LogP contribution >= 0.6 is 0 Å². The molecule has 1 amide bonds. The van der Waals surface area contributed by atoms with Crippen LogP contribution in [-0.4, -0.2) is 18.2 Å². The topological polar surface area (TPSA) is 46.2 Å². The van der Waals surface area contributed by atoms with Gasteiger partial charge in [-0.15, -0.1) is 0 Å². The summed E-state index contributed by atoms with van der Waals surface area (Å²) in [5.41, 5.74) is 0. The largest absolute Gasteiger partial charge is 0.350 e. The number of hydrogen-bond donors (Lipinski definition) is 1. The molecule has 0 rings (SSSR count). The molecule has 0 aliphatic rings. The number of nitrogens with one attached hydrogen (secondary N) is 1. The Labute approximate surface area is 60.8 Å². The maximum atomic E-state index is 10.7. The van der Waals surface area contributed by atoms with Crippen molar-refractivity contribution in [2.24, 2.45) is 0 Å².